The first-order chi connectivity index (χ1) is 6.11. The van der Waals surface area contributed by atoms with E-state index in [9.17, 15) is 5.11 Å². The number of nitrogens with two attached hydrogens (primary N) is 1. The third-order valence-corrected chi connectivity index (χ3v) is 2.48. The Morgan fingerprint density at radius 3 is 2.62 bits per heavy atom. The van der Waals surface area contributed by atoms with Crippen LogP contribution < -0.4 is 5.73 Å². The van der Waals surface area contributed by atoms with Crippen LogP contribution in [-0.4, -0.2) is 54.4 Å². The summed E-state index contributed by atoms with van der Waals surface area (Å²) in [6.45, 7) is 1.59. The molecule has 1 rings (SSSR count). The minimum Gasteiger partial charge on any atom is -0.394 e. The molecule has 0 saturated carbocycles. The largest absolute Gasteiger partial charge is 0.394 e. The van der Waals surface area contributed by atoms with Gasteiger partial charge in [-0.15, -0.1) is 0 Å². The van der Waals surface area contributed by atoms with Crippen LogP contribution in [0.15, 0.2) is 0 Å². The van der Waals surface area contributed by atoms with Crippen molar-refractivity contribution in [3.05, 3.63) is 0 Å². The summed E-state index contributed by atoms with van der Waals surface area (Å²) in [5.41, 5.74) is 5.67. The fourth-order valence-corrected chi connectivity index (χ4v) is 1.60. The zero-order chi connectivity index (χ0) is 10.0. The first-order valence-corrected chi connectivity index (χ1v) is 4.34. The fourth-order valence-electron chi connectivity index (χ4n) is 1.60. The van der Waals surface area contributed by atoms with Gasteiger partial charge in [-0.05, 0) is 6.92 Å². The van der Waals surface area contributed by atoms with Gasteiger partial charge in [-0.25, -0.2) is 0 Å². The summed E-state index contributed by atoms with van der Waals surface area (Å²) in [5, 5.41) is 18.6. The van der Waals surface area contributed by atoms with Crippen LogP contribution in [0.5, 0.6) is 0 Å². The maximum atomic E-state index is 9.67. The Bertz CT molecular complexity index is 164. The second kappa shape index (κ2) is 4.34. The molecular weight excluding hydrogens is 174 g/mol. The highest BCUT2D eigenvalue weighted by atomic mass is 16.6. The molecule has 0 radical (unpaired) electrons. The van der Waals surface area contributed by atoms with E-state index in [0.29, 0.717) is 0 Å². The molecule has 5 heteroatoms. The van der Waals surface area contributed by atoms with Gasteiger partial charge in [0.15, 0.2) is 0 Å². The number of hydrogen-bond donors (Lipinski definition) is 3. The van der Waals surface area contributed by atoms with Crippen molar-refractivity contribution in [3.63, 3.8) is 0 Å². The average molecular weight is 191 g/mol. The number of methoxy groups -OCH3 is 1. The molecule has 0 aromatic heterocycles. The van der Waals surface area contributed by atoms with E-state index in [1.54, 1.807) is 6.92 Å². The summed E-state index contributed by atoms with van der Waals surface area (Å²) in [7, 11) is 1.46. The Morgan fingerprint density at radius 1 is 1.54 bits per heavy atom. The Kier molecular flexibility index (Phi) is 3.63. The molecule has 5 nitrogen and oxygen atoms in total. The highest BCUT2D eigenvalue weighted by Crippen LogP contribution is 2.21. The van der Waals surface area contributed by atoms with Crippen molar-refractivity contribution in [3.8, 4) is 0 Å². The molecule has 0 aromatic carbocycles. The lowest BCUT2D eigenvalue weighted by Crippen LogP contribution is -2.61. The predicted octanol–water partition coefficient (Wildman–Crippen LogP) is -1.53. The standard InChI is InChI=1S/C8H17NO4/c1-4-6(9)7(11)8(12-2)5(3-10)13-4/h4-8,10-11H,3,9H2,1-2H3/t4-,5?,6+,7+,8?/m0/s1. The van der Waals surface area contributed by atoms with Gasteiger partial charge < -0.3 is 25.4 Å². The Labute approximate surface area is 77.4 Å². The van der Waals surface area contributed by atoms with Gasteiger partial charge in [0.1, 0.15) is 18.3 Å². The molecule has 1 saturated heterocycles. The van der Waals surface area contributed by atoms with Gasteiger partial charge >= 0.3 is 0 Å². The minimum absolute atomic E-state index is 0.174. The first-order valence-electron chi connectivity index (χ1n) is 4.34. The van der Waals surface area contributed by atoms with Crippen molar-refractivity contribution in [1.29, 1.82) is 0 Å². The van der Waals surface area contributed by atoms with E-state index in [4.69, 9.17) is 20.3 Å². The third-order valence-electron chi connectivity index (χ3n) is 2.48. The van der Waals surface area contributed by atoms with Crippen molar-refractivity contribution in [1.82, 2.24) is 0 Å². The van der Waals surface area contributed by atoms with Crippen molar-refractivity contribution in [2.75, 3.05) is 13.7 Å². The van der Waals surface area contributed by atoms with Gasteiger partial charge in [0.2, 0.25) is 0 Å². The lowest BCUT2D eigenvalue weighted by Gasteiger charge is -2.41. The summed E-state index contributed by atoms with van der Waals surface area (Å²) < 4.78 is 10.4. The average Bonchev–Trinajstić information content (AvgIpc) is 2.13. The summed E-state index contributed by atoms with van der Waals surface area (Å²) in [6, 6.07) is -0.465. The number of ether oxygens (including phenoxy) is 2. The zero-order valence-electron chi connectivity index (χ0n) is 7.88. The summed E-state index contributed by atoms with van der Waals surface area (Å²) in [4.78, 5) is 0. The van der Waals surface area contributed by atoms with E-state index in [-0.39, 0.29) is 12.7 Å². The molecule has 1 aliphatic rings. The van der Waals surface area contributed by atoms with E-state index >= 15 is 0 Å². The Balaban J connectivity index is 2.69. The molecule has 1 heterocycles. The molecule has 0 aliphatic carbocycles. The lowest BCUT2D eigenvalue weighted by molar-refractivity contribution is -0.193. The van der Waals surface area contributed by atoms with Gasteiger partial charge in [-0.3, -0.25) is 0 Å². The number of aliphatic hydroxyl groups is 2. The monoisotopic (exact) mass is 191 g/mol. The van der Waals surface area contributed by atoms with Crippen molar-refractivity contribution in [2.45, 2.75) is 37.4 Å². The Hall–Kier alpha value is -0.200. The topological polar surface area (TPSA) is 84.9 Å². The number of rotatable bonds is 2. The molecule has 13 heavy (non-hydrogen) atoms. The SMILES string of the molecule is COC1C(CO)O[C@@H](C)[C@@H](N)[C@H]1O. The van der Waals surface area contributed by atoms with Crippen LogP contribution in [0.1, 0.15) is 6.92 Å². The summed E-state index contributed by atoms with van der Waals surface area (Å²) in [6.07, 6.45) is -2.09. The van der Waals surface area contributed by atoms with Crippen molar-refractivity contribution >= 4 is 0 Å². The highest BCUT2D eigenvalue weighted by molar-refractivity contribution is 4.93. The molecule has 78 valence electrons. The number of hydrogen-bond acceptors (Lipinski definition) is 5. The third kappa shape index (κ3) is 2.00. The molecule has 2 unspecified atom stereocenters. The molecule has 0 amide bonds. The molecule has 4 N–H and O–H groups in total. The molecule has 0 bridgehead atoms. The zero-order valence-corrected chi connectivity index (χ0v) is 7.88. The second-order valence-corrected chi connectivity index (χ2v) is 3.33. The van der Waals surface area contributed by atoms with Crippen LogP contribution in [0.25, 0.3) is 0 Å². The predicted molar refractivity (Wildman–Crippen MR) is 46.2 cm³/mol. The van der Waals surface area contributed by atoms with Crippen LogP contribution in [0.4, 0.5) is 0 Å². The van der Waals surface area contributed by atoms with Crippen molar-refractivity contribution in [2.24, 2.45) is 5.73 Å². The van der Waals surface area contributed by atoms with Gasteiger partial charge in [-0.2, -0.15) is 0 Å². The second-order valence-electron chi connectivity index (χ2n) is 3.33. The summed E-state index contributed by atoms with van der Waals surface area (Å²) >= 11 is 0. The molecule has 0 aromatic rings. The minimum atomic E-state index is -0.786. The van der Waals surface area contributed by atoms with E-state index in [1.807, 2.05) is 0 Å². The van der Waals surface area contributed by atoms with E-state index < -0.39 is 24.4 Å². The van der Waals surface area contributed by atoms with Crippen LogP contribution in [0.3, 0.4) is 0 Å². The highest BCUT2D eigenvalue weighted by Gasteiger charge is 2.41. The normalized spacial score (nSPS) is 46.4. The van der Waals surface area contributed by atoms with Crippen LogP contribution in [-0.2, 0) is 9.47 Å². The number of aliphatic hydroxyl groups excluding tert-OH is 2. The smallest absolute Gasteiger partial charge is 0.113 e. The molecule has 5 atom stereocenters. The lowest BCUT2D eigenvalue weighted by atomic mass is 9.94. The van der Waals surface area contributed by atoms with Gasteiger partial charge in [0.05, 0.1) is 18.8 Å². The molecule has 1 aliphatic heterocycles. The summed E-state index contributed by atoms with van der Waals surface area (Å²) in [5.74, 6) is 0. The first kappa shape index (κ1) is 10.9. The molecular formula is C8H17NO4. The van der Waals surface area contributed by atoms with Crippen molar-refractivity contribution < 1.29 is 19.7 Å². The van der Waals surface area contributed by atoms with Gasteiger partial charge in [-0.1, -0.05) is 0 Å². The Morgan fingerprint density at radius 2 is 2.15 bits per heavy atom. The van der Waals surface area contributed by atoms with Crippen LogP contribution in [0, 0.1) is 0 Å². The molecule has 1 fully saturated rings. The quantitative estimate of drug-likeness (QED) is 0.493. The molecule has 0 spiro atoms. The maximum absolute atomic E-state index is 9.67. The fraction of sp³-hybridized carbons (Fsp3) is 1.00. The van der Waals surface area contributed by atoms with Crippen LogP contribution >= 0.6 is 0 Å². The van der Waals surface area contributed by atoms with Gasteiger partial charge in [0.25, 0.3) is 0 Å². The van der Waals surface area contributed by atoms with E-state index in [2.05, 4.69) is 0 Å². The van der Waals surface area contributed by atoms with Crippen LogP contribution in [0.2, 0.25) is 0 Å². The van der Waals surface area contributed by atoms with E-state index in [1.165, 1.54) is 7.11 Å². The maximum Gasteiger partial charge on any atom is 0.113 e. The van der Waals surface area contributed by atoms with Gasteiger partial charge in [0, 0.05) is 7.11 Å². The van der Waals surface area contributed by atoms with E-state index in [0.717, 1.165) is 0 Å².